The fourth-order valence-corrected chi connectivity index (χ4v) is 4.37. The Morgan fingerprint density at radius 2 is 1.97 bits per heavy atom. The molecule has 6 heteroatoms. The summed E-state index contributed by atoms with van der Waals surface area (Å²) in [6, 6.07) is 0.213. The lowest BCUT2D eigenvalue weighted by molar-refractivity contribution is -0.224. The van der Waals surface area contributed by atoms with E-state index >= 15 is 0 Å². The number of hydrogen-bond donors (Lipinski definition) is 3. The zero-order valence-corrected chi connectivity index (χ0v) is 18.4. The van der Waals surface area contributed by atoms with Crippen molar-refractivity contribution in [3.05, 3.63) is 12.2 Å². The van der Waals surface area contributed by atoms with E-state index < -0.39 is 17.7 Å². The maximum atomic E-state index is 11.5. The normalized spacial score (nSPS) is 23.3. The molecule has 1 amide bonds. The van der Waals surface area contributed by atoms with Crippen molar-refractivity contribution in [2.45, 2.75) is 96.3 Å². The third-order valence-electron chi connectivity index (χ3n) is 6.36. The van der Waals surface area contributed by atoms with Crippen molar-refractivity contribution in [1.29, 1.82) is 0 Å². The predicted molar refractivity (Wildman–Crippen MR) is 114 cm³/mol. The molecule has 1 unspecified atom stereocenters. The molecule has 4 atom stereocenters. The average molecular weight is 412 g/mol. The van der Waals surface area contributed by atoms with Crippen LogP contribution in [0.15, 0.2) is 12.2 Å². The lowest BCUT2D eigenvalue weighted by Gasteiger charge is -2.26. The molecular formula is C23H41NO5. The van der Waals surface area contributed by atoms with Crippen LogP contribution in [0.25, 0.3) is 0 Å². The van der Waals surface area contributed by atoms with E-state index in [1.54, 1.807) is 6.92 Å². The quantitative estimate of drug-likeness (QED) is 0.126. The topological polar surface area (TPSA) is 95.9 Å². The monoisotopic (exact) mass is 411 g/mol. The van der Waals surface area contributed by atoms with Crippen LogP contribution in [0.2, 0.25) is 0 Å². The van der Waals surface area contributed by atoms with Gasteiger partial charge in [-0.2, -0.15) is 0 Å². The van der Waals surface area contributed by atoms with Crippen LogP contribution >= 0.6 is 0 Å². The fourth-order valence-electron chi connectivity index (χ4n) is 4.37. The van der Waals surface area contributed by atoms with E-state index in [1.165, 1.54) is 25.7 Å². The largest absolute Gasteiger partial charge is 0.465 e. The summed E-state index contributed by atoms with van der Waals surface area (Å²) in [5.41, 5.74) is 0. The van der Waals surface area contributed by atoms with Crippen molar-refractivity contribution in [2.24, 2.45) is 17.8 Å². The molecule has 168 valence electrons. The second-order valence-electron chi connectivity index (χ2n) is 8.49. The molecule has 0 spiro atoms. The van der Waals surface area contributed by atoms with Gasteiger partial charge in [0.05, 0.1) is 7.11 Å². The number of amides is 1. The summed E-state index contributed by atoms with van der Waals surface area (Å²) in [4.78, 5) is 22.4. The first kappa shape index (κ1) is 25.6. The molecule has 0 radical (unpaired) electrons. The summed E-state index contributed by atoms with van der Waals surface area (Å²) >= 11 is 0. The van der Waals surface area contributed by atoms with Crippen molar-refractivity contribution < 1.29 is 24.5 Å². The number of aliphatic hydroxyl groups is 2. The Balaban J connectivity index is 2.46. The van der Waals surface area contributed by atoms with E-state index in [0.717, 1.165) is 52.0 Å². The number of nitrogens with one attached hydrogen (secondary N) is 1. The molecule has 0 aromatic carbocycles. The Labute approximate surface area is 176 Å². The Bertz CT molecular complexity index is 505. The van der Waals surface area contributed by atoms with E-state index in [0.29, 0.717) is 18.3 Å². The third-order valence-corrected chi connectivity index (χ3v) is 6.36. The highest BCUT2D eigenvalue weighted by Gasteiger charge is 2.40. The first-order valence-electron chi connectivity index (χ1n) is 11.3. The molecule has 0 aromatic heterocycles. The van der Waals surface area contributed by atoms with Crippen LogP contribution in [0.4, 0.5) is 0 Å². The molecule has 6 nitrogen and oxygen atoms in total. The summed E-state index contributed by atoms with van der Waals surface area (Å²) in [6.07, 6.45) is 17.0. The van der Waals surface area contributed by atoms with Gasteiger partial charge >= 0.3 is 5.97 Å². The van der Waals surface area contributed by atoms with E-state index in [1.807, 2.05) is 0 Å². The zero-order valence-electron chi connectivity index (χ0n) is 18.4. The summed E-state index contributed by atoms with van der Waals surface area (Å²) in [5.74, 6) is -3.11. The molecule has 0 heterocycles. The van der Waals surface area contributed by atoms with Crippen LogP contribution in [0, 0.1) is 17.8 Å². The Kier molecular flexibility index (Phi) is 12.2. The average Bonchev–Trinajstić information content (AvgIpc) is 3.08. The van der Waals surface area contributed by atoms with Crippen molar-refractivity contribution in [1.82, 2.24) is 5.32 Å². The molecule has 29 heavy (non-hydrogen) atoms. The Hall–Kier alpha value is -1.40. The summed E-state index contributed by atoms with van der Waals surface area (Å²) in [7, 11) is 1.15. The van der Waals surface area contributed by atoms with E-state index in [4.69, 9.17) is 0 Å². The molecule has 1 saturated carbocycles. The van der Waals surface area contributed by atoms with Gasteiger partial charge in [-0.15, -0.1) is 0 Å². The number of ether oxygens (including phenoxy) is 1. The molecule has 1 aliphatic rings. The minimum Gasteiger partial charge on any atom is -0.465 e. The number of esters is 1. The number of methoxy groups -OCH3 is 1. The highest BCUT2D eigenvalue weighted by Crippen LogP contribution is 2.37. The van der Waals surface area contributed by atoms with Crippen molar-refractivity contribution in [3.8, 4) is 0 Å². The smallest absolute Gasteiger partial charge is 0.366 e. The maximum absolute atomic E-state index is 11.5. The third kappa shape index (κ3) is 8.47. The van der Waals surface area contributed by atoms with Crippen molar-refractivity contribution in [3.63, 3.8) is 0 Å². The first-order valence-corrected chi connectivity index (χ1v) is 11.3. The predicted octanol–water partition coefficient (Wildman–Crippen LogP) is 3.70. The Morgan fingerprint density at radius 3 is 2.62 bits per heavy atom. The number of allylic oxidation sites excluding steroid dienone is 1. The summed E-state index contributed by atoms with van der Waals surface area (Å²) in [5, 5.41) is 22.8. The minimum atomic E-state index is -2.43. The van der Waals surface area contributed by atoms with Gasteiger partial charge in [-0.1, -0.05) is 58.1 Å². The Morgan fingerprint density at radius 1 is 1.21 bits per heavy atom. The molecular weight excluding hydrogens is 370 g/mol. The fraction of sp³-hybridized carbons (Fsp3) is 0.826. The molecule has 0 aromatic rings. The first-order chi connectivity index (χ1) is 13.9. The lowest BCUT2D eigenvalue weighted by atomic mass is 9.87. The van der Waals surface area contributed by atoms with Gasteiger partial charge in [-0.25, -0.2) is 4.79 Å². The van der Waals surface area contributed by atoms with Crippen LogP contribution in [0.3, 0.4) is 0 Å². The van der Waals surface area contributed by atoms with Gasteiger partial charge in [0.2, 0.25) is 6.41 Å². The molecule has 1 aliphatic carbocycles. The van der Waals surface area contributed by atoms with Crippen molar-refractivity contribution in [2.75, 3.05) is 7.11 Å². The lowest BCUT2D eigenvalue weighted by Crippen LogP contribution is -2.45. The molecule has 0 aliphatic heterocycles. The summed E-state index contributed by atoms with van der Waals surface area (Å²) < 4.78 is 4.46. The van der Waals surface area contributed by atoms with Crippen LogP contribution < -0.4 is 5.32 Å². The van der Waals surface area contributed by atoms with Crippen LogP contribution in [0.5, 0.6) is 0 Å². The minimum absolute atomic E-state index is 0.213. The van der Waals surface area contributed by atoms with Gasteiger partial charge < -0.3 is 20.3 Å². The molecule has 3 N–H and O–H groups in total. The number of rotatable bonds is 15. The highest BCUT2D eigenvalue weighted by molar-refractivity contribution is 5.77. The van der Waals surface area contributed by atoms with Crippen LogP contribution in [-0.2, 0) is 14.3 Å². The molecule has 0 bridgehead atoms. The standard InChI is InChI=1S/C23H41NO5/c1-4-5-6-7-8-9-14-20-19(15-16-21(20)24-17-25)13-11-10-12-18(2)23(27,28)22(26)29-3/h9,14,17-21,27-28H,4-8,10-13,15-16H2,1-3H3,(H,24,25)/t18?,19-,20-,21-/m1/s1. The van der Waals surface area contributed by atoms with E-state index in [2.05, 4.69) is 29.1 Å². The van der Waals surface area contributed by atoms with Gasteiger partial charge in [0.25, 0.3) is 5.79 Å². The van der Waals surface area contributed by atoms with Gasteiger partial charge in [0.1, 0.15) is 0 Å². The molecule has 1 rings (SSSR count). The van der Waals surface area contributed by atoms with Crippen LogP contribution in [0.1, 0.15) is 84.5 Å². The van der Waals surface area contributed by atoms with Gasteiger partial charge in [-0.05, 0) is 50.4 Å². The van der Waals surface area contributed by atoms with Crippen LogP contribution in [-0.4, -0.2) is 41.5 Å². The number of carbonyl (C=O) groups is 2. The molecule has 0 saturated heterocycles. The maximum Gasteiger partial charge on any atom is 0.366 e. The second kappa shape index (κ2) is 13.8. The summed E-state index contributed by atoms with van der Waals surface area (Å²) in [6.45, 7) is 3.87. The van der Waals surface area contributed by atoms with Gasteiger partial charge in [0.15, 0.2) is 0 Å². The van der Waals surface area contributed by atoms with E-state index in [-0.39, 0.29) is 6.04 Å². The SMILES string of the molecule is CCCCCCC=C[C@@H]1[C@H](CCCCC(C)C(O)(O)C(=O)OC)CC[C@H]1NC=O. The number of hydrogen-bond acceptors (Lipinski definition) is 5. The molecule has 1 fully saturated rings. The number of carbonyl (C=O) groups excluding carboxylic acids is 2. The number of unbranched alkanes of at least 4 members (excludes halogenated alkanes) is 5. The van der Waals surface area contributed by atoms with E-state index in [9.17, 15) is 19.8 Å². The van der Waals surface area contributed by atoms with Gasteiger partial charge in [0, 0.05) is 12.0 Å². The highest BCUT2D eigenvalue weighted by atomic mass is 16.6. The zero-order chi connectivity index (χ0) is 21.7. The van der Waals surface area contributed by atoms with Gasteiger partial charge in [-0.3, -0.25) is 4.79 Å². The van der Waals surface area contributed by atoms with Crippen molar-refractivity contribution >= 4 is 12.4 Å². The second-order valence-corrected chi connectivity index (χ2v) is 8.49.